The van der Waals surface area contributed by atoms with E-state index < -0.39 is 0 Å². The first kappa shape index (κ1) is 16.8. The van der Waals surface area contributed by atoms with Gasteiger partial charge in [0.15, 0.2) is 0 Å². The molecule has 25 heavy (non-hydrogen) atoms. The van der Waals surface area contributed by atoms with Crippen molar-refractivity contribution in [1.29, 1.82) is 0 Å². The normalized spacial score (nSPS) is 18.0. The number of likely N-dealkylation sites (tertiary alicyclic amines) is 1. The summed E-state index contributed by atoms with van der Waals surface area (Å²) in [5, 5.41) is 15.8. The van der Waals surface area contributed by atoms with Crippen molar-refractivity contribution in [2.75, 3.05) is 13.1 Å². The van der Waals surface area contributed by atoms with Crippen molar-refractivity contribution in [3.05, 3.63) is 45.6 Å². The van der Waals surface area contributed by atoms with Gasteiger partial charge in [-0.3, -0.25) is 4.90 Å². The van der Waals surface area contributed by atoms with Gasteiger partial charge in [-0.2, -0.15) is 4.52 Å². The summed E-state index contributed by atoms with van der Waals surface area (Å²) in [6.45, 7) is 6.17. The van der Waals surface area contributed by atoms with Crippen LogP contribution in [0.25, 0.3) is 4.96 Å². The molecule has 2 aromatic heterocycles. The largest absolute Gasteiger partial charge is 0.492 e. The summed E-state index contributed by atoms with van der Waals surface area (Å²) in [6, 6.07) is 7.92. The summed E-state index contributed by atoms with van der Waals surface area (Å²) in [7, 11) is 0. The van der Waals surface area contributed by atoms with E-state index in [9.17, 15) is 5.11 Å². The molecule has 0 amide bonds. The predicted molar refractivity (Wildman–Crippen MR) is 101 cm³/mol. The number of nitrogens with zero attached hydrogens (tertiary/aromatic N) is 4. The van der Waals surface area contributed by atoms with Crippen LogP contribution in [0.5, 0.6) is 5.88 Å². The van der Waals surface area contributed by atoms with E-state index in [0.29, 0.717) is 5.82 Å². The van der Waals surface area contributed by atoms with Crippen LogP contribution in [-0.2, 0) is 0 Å². The quantitative estimate of drug-likeness (QED) is 0.741. The van der Waals surface area contributed by atoms with Crippen molar-refractivity contribution in [2.24, 2.45) is 5.92 Å². The van der Waals surface area contributed by atoms with Gasteiger partial charge < -0.3 is 5.11 Å². The average Bonchev–Trinajstić information content (AvgIpc) is 3.09. The monoisotopic (exact) mass is 376 g/mol. The van der Waals surface area contributed by atoms with E-state index in [2.05, 4.69) is 21.9 Å². The number of aryl methyl sites for hydroxylation is 1. The molecular formula is C18H21ClN4OS. The van der Waals surface area contributed by atoms with Gasteiger partial charge in [0, 0.05) is 5.02 Å². The number of halogens is 1. The number of fused-ring (bicyclic) bond motifs is 1. The highest BCUT2D eigenvalue weighted by Gasteiger charge is 2.31. The summed E-state index contributed by atoms with van der Waals surface area (Å²) in [4.78, 5) is 8.48. The highest BCUT2D eigenvalue weighted by Crippen LogP contribution is 2.41. The molecule has 1 unspecified atom stereocenters. The smallest absolute Gasteiger partial charge is 0.230 e. The van der Waals surface area contributed by atoms with E-state index in [0.717, 1.165) is 39.4 Å². The van der Waals surface area contributed by atoms with Gasteiger partial charge in [-0.25, -0.2) is 4.98 Å². The molecule has 1 atom stereocenters. The summed E-state index contributed by atoms with van der Waals surface area (Å²) >= 11 is 7.59. The summed E-state index contributed by atoms with van der Waals surface area (Å²) in [5.41, 5.74) is 1.13. The highest BCUT2D eigenvalue weighted by molar-refractivity contribution is 7.17. The van der Waals surface area contributed by atoms with Crippen LogP contribution in [0.1, 0.15) is 42.1 Å². The van der Waals surface area contributed by atoms with E-state index >= 15 is 0 Å². The number of aromatic nitrogens is 3. The molecular weight excluding hydrogens is 356 g/mol. The number of benzene rings is 1. The molecule has 1 aromatic carbocycles. The Morgan fingerprint density at radius 1 is 1.24 bits per heavy atom. The molecule has 5 nitrogen and oxygen atoms in total. The summed E-state index contributed by atoms with van der Waals surface area (Å²) in [6.07, 6.45) is 2.34. The standard InChI is InChI=1S/C18H21ClN4OS/c1-11-7-9-22(10-8-11)15(13-3-5-14(19)6-4-13)16-17(24)23-18(25-16)20-12(2)21-23/h3-6,11,15,24H,7-10H2,1-2H3. The van der Waals surface area contributed by atoms with E-state index in [1.165, 1.54) is 24.2 Å². The number of aromatic hydroxyl groups is 1. The highest BCUT2D eigenvalue weighted by atomic mass is 35.5. The lowest BCUT2D eigenvalue weighted by atomic mass is 9.95. The van der Waals surface area contributed by atoms with Crippen LogP contribution >= 0.6 is 22.9 Å². The molecule has 1 aliphatic heterocycles. The first-order valence-corrected chi connectivity index (χ1v) is 9.77. The third-order valence-electron chi connectivity index (χ3n) is 4.92. The van der Waals surface area contributed by atoms with Crippen molar-refractivity contribution in [3.8, 4) is 5.88 Å². The van der Waals surface area contributed by atoms with Gasteiger partial charge in [-0.1, -0.05) is 42.0 Å². The second kappa shape index (κ2) is 6.59. The molecule has 0 radical (unpaired) electrons. The maximum atomic E-state index is 10.8. The fraction of sp³-hybridized carbons (Fsp3) is 0.444. The zero-order chi connectivity index (χ0) is 17.6. The van der Waals surface area contributed by atoms with E-state index in [-0.39, 0.29) is 11.9 Å². The Morgan fingerprint density at radius 3 is 2.56 bits per heavy atom. The van der Waals surface area contributed by atoms with Crippen molar-refractivity contribution in [1.82, 2.24) is 19.5 Å². The van der Waals surface area contributed by atoms with Crippen LogP contribution in [0.3, 0.4) is 0 Å². The SMILES string of the molecule is Cc1nc2sc(C(c3ccc(Cl)cc3)N3CCC(C)CC3)c(O)n2n1. The van der Waals surface area contributed by atoms with E-state index in [1.54, 1.807) is 4.52 Å². The van der Waals surface area contributed by atoms with Gasteiger partial charge in [-0.15, -0.1) is 5.10 Å². The minimum absolute atomic E-state index is 0.00132. The Labute approximate surface area is 155 Å². The van der Waals surface area contributed by atoms with Gasteiger partial charge in [0.25, 0.3) is 0 Å². The number of hydrogen-bond acceptors (Lipinski definition) is 5. The molecule has 1 fully saturated rings. The molecule has 3 heterocycles. The molecule has 132 valence electrons. The molecule has 4 rings (SSSR count). The van der Waals surface area contributed by atoms with Gasteiger partial charge in [0.1, 0.15) is 5.82 Å². The maximum Gasteiger partial charge on any atom is 0.230 e. The molecule has 1 saturated heterocycles. The van der Waals surface area contributed by atoms with Crippen LogP contribution in [0.2, 0.25) is 5.02 Å². The number of rotatable bonds is 3. The fourth-order valence-corrected chi connectivity index (χ4v) is 4.77. The number of thiazole rings is 1. The topological polar surface area (TPSA) is 53.7 Å². The Hall–Kier alpha value is -1.63. The third-order valence-corrected chi connectivity index (χ3v) is 6.25. The van der Waals surface area contributed by atoms with Crippen molar-refractivity contribution in [2.45, 2.75) is 32.7 Å². The van der Waals surface area contributed by atoms with Crippen molar-refractivity contribution in [3.63, 3.8) is 0 Å². The molecule has 0 saturated carbocycles. The van der Waals surface area contributed by atoms with E-state index in [1.807, 2.05) is 31.2 Å². The lowest BCUT2D eigenvalue weighted by molar-refractivity contribution is 0.157. The zero-order valence-electron chi connectivity index (χ0n) is 14.3. The molecule has 3 aromatic rings. The molecule has 0 bridgehead atoms. The zero-order valence-corrected chi connectivity index (χ0v) is 15.9. The van der Waals surface area contributed by atoms with Gasteiger partial charge >= 0.3 is 0 Å². The Bertz CT molecular complexity index is 881. The van der Waals surface area contributed by atoms with Gasteiger partial charge in [-0.05, 0) is 56.5 Å². The second-order valence-corrected chi connectivity index (χ2v) is 8.26. The molecule has 1 N–H and O–H groups in total. The minimum Gasteiger partial charge on any atom is -0.492 e. The minimum atomic E-state index is -0.00132. The molecule has 1 aliphatic rings. The lowest BCUT2D eigenvalue weighted by Gasteiger charge is -2.36. The Balaban J connectivity index is 1.79. The molecule has 0 spiro atoms. The summed E-state index contributed by atoms with van der Waals surface area (Å²) in [5.74, 6) is 1.61. The fourth-order valence-electron chi connectivity index (χ4n) is 3.49. The second-order valence-electron chi connectivity index (χ2n) is 6.82. The van der Waals surface area contributed by atoms with Gasteiger partial charge in [0.2, 0.25) is 10.8 Å². The first-order chi connectivity index (χ1) is 12.0. The summed E-state index contributed by atoms with van der Waals surface area (Å²) < 4.78 is 1.55. The molecule has 7 heteroatoms. The average molecular weight is 377 g/mol. The third kappa shape index (κ3) is 3.14. The van der Waals surface area contributed by atoms with Crippen LogP contribution in [0.4, 0.5) is 0 Å². The first-order valence-electron chi connectivity index (χ1n) is 8.57. The maximum absolute atomic E-state index is 10.8. The van der Waals surface area contributed by atoms with Crippen LogP contribution in [0.15, 0.2) is 24.3 Å². The Morgan fingerprint density at radius 2 is 1.92 bits per heavy atom. The molecule has 0 aliphatic carbocycles. The van der Waals surface area contributed by atoms with Crippen molar-refractivity contribution >= 4 is 27.9 Å². The number of piperidine rings is 1. The number of hydrogen-bond donors (Lipinski definition) is 1. The lowest BCUT2D eigenvalue weighted by Crippen LogP contribution is -2.36. The van der Waals surface area contributed by atoms with Crippen molar-refractivity contribution < 1.29 is 5.11 Å². The van der Waals surface area contributed by atoms with E-state index in [4.69, 9.17) is 11.6 Å². The van der Waals surface area contributed by atoms with Crippen LogP contribution in [0, 0.1) is 12.8 Å². The predicted octanol–water partition coefficient (Wildman–Crippen LogP) is 4.28. The van der Waals surface area contributed by atoms with Gasteiger partial charge in [0.05, 0.1) is 10.9 Å². The van der Waals surface area contributed by atoms with Crippen LogP contribution < -0.4 is 0 Å². The van der Waals surface area contributed by atoms with Crippen LogP contribution in [-0.4, -0.2) is 37.7 Å². The Kier molecular flexibility index (Phi) is 4.43.